The zero-order chi connectivity index (χ0) is 21.0. The molecule has 3 rings (SSSR count). The van der Waals surface area contributed by atoms with Crippen molar-refractivity contribution in [3.63, 3.8) is 0 Å². The molecule has 0 heterocycles. The normalized spacial score (nSPS) is 13.7. The van der Waals surface area contributed by atoms with Crippen molar-refractivity contribution in [1.82, 2.24) is 0 Å². The van der Waals surface area contributed by atoms with Crippen LogP contribution in [0.1, 0.15) is 75.5 Å². The number of fused-ring (bicyclic) bond motifs is 3. The number of unbranched alkanes of at least 4 members (excludes halogenated alkanes) is 2. The van der Waals surface area contributed by atoms with E-state index in [2.05, 4.69) is 26.0 Å². The summed E-state index contributed by atoms with van der Waals surface area (Å²) in [5, 5.41) is 20.5. The lowest BCUT2D eigenvalue weighted by molar-refractivity contribution is -0.384. The van der Waals surface area contributed by atoms with Gasteiger partial charge in [-0.25, -0.2) is 0 Å². The summed E-state index contributed by atoms with van der Waals surface area (Å²) in [6, 6.07) is 11.5. The van der Waals surface area contributed by atoms with Gasteiger partial charge < -0.3 is 5.11 Å². The average molecular weight is 395 g/mol. The monoisotopic (exact) mass is 395 g/mol. The van der Waals surface area contributed by atoms with Crippen LogP contribution >= 0.6 is 0 Å². The number of nitro groups is 1. The van der Waals surface area contributed by atoms with Gasteiger partial charge in [0.05, 0.1) is 4.92 Å². The predicted molar refractivity (Wildman–Crippen MR) is 114 cm³/mol. The van der Waals surface area contributed by atoms with Crippen molar-refractivity contribution in [3.8, 4) is 11.1 Å². The molecule has 5 nitrogen and oxygen atoms in total. The number of aliphatic carboxylic acids is 1. The summed E-state index contributed by atoms with van der Waals surface area (Å²) in [6.07, 6.45) is 6.72. The van der Waals surface area contributed by atoms with Crippen LogP contribution in [0.2, 0.25) is 0 Å². The second kappa shape index (κ2) is 8.76. The second-order valence-corrected chi connectivity index (χ2v) is 8.05. The van der Waals surface area contributed by atoms with Gasteiger partial charge in [-0.3, -0.25) is 14.9 Å². The molecule has 2 aromatic rings. The first-order valence-corrected chi connectivity index (χ1v) is 10.6. The van der Waals surface area contributed by atoms with Crippen molar-refractivity contribution >= 4 is 11.7 Å². The molecule has 0 bridgehead atoms. The molecule has 0 fully saturated rings. The molecule has 0 amide bonds. The number of non-ortho nitro benzene ring substituents is 1. The van der Waals surface area contributed by atoms with Gasteiger partial charge >= 0.3 is 5.97 Å². The van der Waals surface area contributed by atoms with Gasteiger partial charge in [-0.1, -0.05) is 57.7 Å². The second-order valence-electron chi connectivity index (χ2n) is 8.05. The van der Waals surface area contributed by atoms with E-state index >= 15 is 0 Å². The van der Waals surface area contributed by atoms with E-state index in [0.717, 1.165) is 60.8 Å². The van der Waals surface area contributed by atoms with E-state index in [9.17, 15) is 14.9 Å². The fraction of sp³-hybridized carbons (Fsp3) is 0.458. The number of nitro benzene ring substituents is 1. The highest BCUT2D eigenvalue weighted by atomic mass is 16.6. The largest absolute Gasteiger partial charge is 0.481 e. The van der Waals surface area contributed by atoms with Gasteiger partial charge in [0.2, 0.25) is 0 Å². The molecular weight excluding hydrogens is 366 g/mol. The van der Waals surface area contributed by atoms with Gasteiger partial charge in [-0.15, -0.1) is 0 Å². The third kappa shape index (κ3) is 4.04. The number of carbonyl (C=O) groups is 1. The maximum absolute atomic E-state index is 11.5. The van der Waals surface area contributed by atoms with Gasteiger partial charge in [0.15, 0.2) is 0 Å². The Morgan fingerprint density at radius 2 is 1.59 bits per heavy atom. The molecule has 0 spiro atoms. The number of rotatable bonds is 10. The van der Waals surface area contributed by atoms with Gasteiger partial charge in [0.1, 0.15) is 0 Å². The molecule has 2 aromatic carbocycles. The van der Waals surface area contributed by atoms with Crippen molar-refractivity contribution in [2.24, 2.45) is 0 Å². The van der Waals surface area contributed by atoms with Crippen LogP contribution in [0.5, 0.6) is 0 Å². The number of nitrogens with zero attached hydrogens (tertiary/aromatic N) is 1. The molecule has 0 aliphatic heterocycles. The summed E-state index contributed by atoms with van der Waals surface area (Å²) in [5.74, 6) is -0.798. The van der Waals surface area contributed by atoms with Crippen molar-refractivity contribution in [3.05, 3.63) is 63.2 Å². The van der Waals surface area contributed by atoms with Crippen LogP contribution in [0.4, 0.5) is 5.69 Å². The summed E-state index contributed by atoms with van der Waals surface area (Å²) in [6.45, 7) is 4.34. The van der Waals surface area contributed by atoms with Gasteiger partial charge in [0, 0.05) is 24.0 Å². The zero-order valence-electron chi connectivity index (χ0n) is 17.2. The average Bonchev–Trinajstić information content (AvgIpc) is 2.98. The molecule has 0 saturated carbocycles. The summed E-state index contributed by atoms with van der Waals surface area (Å²) in [5.41, 5.74) is 5.44. The van der Waals surface area contributed by atoms with Gasteiger partial charge in [-0.05, 0) is 53.1 Å². The van der Waals surface area contributed by atoms with E-state index in [4.69, 9.17) is 5.11 Å². The number of aryl methyl sites for hydroxylation is 1. The molecule has 5 heteroatoms. The maximum atomic E-state index is 11.5. The van der Waals surface area contributed by atoms with Gasteiger partial charge in [0.25, 0.3) is 5.69 Å². The molecule has 1 N–H and O–H groups in total. The lowest BCUT2D eigenvalue weighted by atomic mass is 9.70. The minimum Gasteiger partial charge on any atom is -0.481 e. The Hall–Kier alpha value is -2.69. The molecule has 0 aromatic heterocycles. The van der Waals surface area contributed by atoms with Gasteiger partial charge in [-0.2, -0.15) is 0 Å². The molecule has 0 radical (unpaired) electrons. The molecule has 0 atom stereocenters. The Balaban J connectivity index is 2.18. The first-order chi connectivity index (χ1) is 13.9. The molecule has 154 valence electrons. The van der Waals surface area contributed by atoms with Crippen LogP contribution in [0.25, 0.3) is 11.1 Å². The molecule has 29 heavy (non-hydrogen) atoms. The lowest BCUT2D eigenvalue weighted by Gasteiger charge is -2.32. The Kier molecular flexibility index (Phi) is 6.36. The smallest absolute Gasteiger partial charge is 0.303 e. The minimum absolute atomic E-state index is 0.105. The third-order valence-corrected chi connectivity index (χ3v) is 6.16. The lowest BCUT2D eigenvalue weighted by Crippen LogP contribution is -2.25. The standard InChI is InChI=1S/C24H29NO4/c1-3-5-13-24(14-6-4-2)21-15-17(8-12-23(26)27)7-10-19(21)20-11-9-18(25(28)29)16-22(20)24/h7,9-11,15-16H,3-6,8,12-14H2,1-2H3,(H,26,27). The molecular formula is C24H29NO4. The van der Waals surface area contributed by atoms with E-state index in [1.807, 2.05) is 12.1 Å². The predicted octanol–water partition coefficient (Wildman–Crippen LogP) is 6.26. The van der Waals surface area contributed by atoms with Crippen LogP contribution in [0, 0.1) is 10.1 Å². The SMILES string of the molecule is CCCCC1(CCCC)c2cc(CCC(=O)O)ccc2-c2ccc([N+](=O)[O-])cc21. The summed E-state index contributed by atoms with van der Waals surface area (Å²) in [7, 11) is 0. The first-order valence-electron chi connectivity index (χ1n) is 10.6. The van der Waals surface area contributed by atoms with Crippen LogP contribution in [-0.4, -0.2) is 16.0 Å². The molecule has 0 saturated heterocycles. The Morgan fingerprint density at radius 3 is 2.14 bits per heavy atom. The van der Waals surface area contributed by atoms with Crippen LogP contribution in [0.3, 0.4) is 0 Å². The van der Waals surface area contributed by atoms with Crippen LogP contribution in [-0.2, 0) is 16.6 Å². The molecule has 0 unspecified atom stereocenters. The Labute approximate surface area is 171 Å². The number of hydrogen-bond donors (Lipinski definition) is 1. The highest BCUT2D eigenvalue weighted by Gasteiger charge is 2.43. The number of carboxylic acids is 1. The fourth-order valence-corrected chi connectivity index (χ4v) is 4.67. The van der Waals surface area contributed by atoms with Crippen molar-refractivity contribution in [1.29, 1.82) is 0 Å². The molecule has 1 aliphatic carbocycles. The van der Waals surface area contributed by atoms with E-state index in [1.54, 1.807) is 12.1 Å². The maximum Gasteiger partial charge on any atom is 0.303 e. The highest BCUT2D eigenvalue weighted by molar-refractivity contribution is 5.82. The van der Waals surface area contributed by atoms with Crippen LogP contribution < -0.4 is 0 Å². The Bertz CT molecular complexity index is 911. The minimum atomic E-state index is -0.798. The van der Waals surface area contributed by atoms with Crippen LogP contribution in [0.15, 0.2) is 36.4 Å². The zero-order valence-corrected chi connectivity index (χ0v) is 17.2. The summed E-state index contributed by atoms with van der Waals surface area (Å²) < 4.78 is 0. The highest BCUT2D eigenvalue weighted by Crippen LogP contribution is 2.55. The van der Waals surface area contributed by atoms with E-state index < -0.39 is 5.97 Å². The van der Waals surface area contributed by atoms with Crippen molar-refractivity contribution in [2.75, 3.05) is 0 Å². The van der Waals surface area contributed by atoms with Crippen molar-refractivity contribution in [2.45, 2.75) is 70.6 Å². The van der Waals surface area contributed by atoms with E-state index in [0.29, 0.717) is 6.42 Å². The fourth-order valence-electron chi connectivity index (χ4n) is 4.67. The topological polar surface area (TPSA) is 80.4 Å². The summed E-state index contributed by atoms with van der Waals surface area (Å²) >= 11 is 0. The van der Waals surface area contributed by atoms with E-state index in [1.165, 1.54) is 5.56 Å². The quantitative estimate of drug-likeness (QED) is 0.380. The van der Waals surface area contributed by atoms with E-state index in [-0.39, 0.29) is 22.4 Å². The molecule has 1 aliphatic rings. The van der Waals surface area contributed by atoms with Crippen molar-refractivity contribution < 1.29 is 14.8 Å². The number of hydrogen-bond acceptors (Lipinski definition) is 3. The number of benzene rings is 2. The number of carboxylic acid groups (broad SMARTS) is 1. The Morgan fingerprint density at radius 1 is 1.00 bits per heavy atom. The summed E-state index contributed by atoms with van der Waals surface area (Å²) in [4.78, 5) is 22.2. The third-order valence-electron chi connectivity index (χ3n) is 6.16. The first kappa shape index (κ1) is 21.0.